The SMILES string of the molecule is COC1CC(=O)C(C(=O)[C@@H]2CCCN2C(=O)[C@H](C)NC(=O)[C@@H](N)CCCNC(=O)c2ccccc2)(N(C(=O)Oc2ccc([N+](=O)[O-])cc2)C(C)C)C1=O. The Balaban J connectivity index is 1.49. The van der Waals surface area contributed by atoms with Crippen LogP contribution in [-0.4, -0.2) is 112 Å². The molecule has 17 nitrogen and oxygen atoms in total. The Hall–Kier alpha value is -5.55. The second-order valence-electron chi connectivity index (χ2n) is 13.2. The number of nitro benzene ring substituents is 1. The molecule has 17 heteroatoms. The first-order valence-electron chi connectivity index (χ1n) is 17.2. The summed E-state index contributed by atoms with van der Waals surface area (Å²) < 4.78 is 10.7. The third-order valence-corrected chi connectivity index (χ3v) is 9.31. The summed E-state index contributed by atoms with van der Waals surface area (Å²) in [5, 5.41) is 16.4. The Morgan fingerprint density at radius 1 is 1.06 bits per heavy atom. The topological polar surface area (TPSA) is 238 Å². The summed E-state index contributed by atoms with van der Waals surface area (Å²) in [5.74, 6) is -4.64. The van der Waals surface area contributed by atoms with E-state index in [1.54, 1.807) is 30.3 Å². The fraction of sp³-hybridized carbons (Fsp3) is 0.472. The maximum Gasteiger partial charge on any atom is 0.417 e. The molecule has 5 atom stereocenters. The normalized spacial score (nSPS) is 20.8. The van der Waals surface area contributed by atoms with Gasteiger partial charge in [0.15, 0.2) is 11.6 Å². The lowest BCUT2D eigenvalue weighted by Gasteiger charge is -2.41. The highest BCUT2D eigenvalue weighted by Crippen LogP contribution is 2.38. The van der Waals surface area contributed by atoms with Gasteiger partial charge in [-0.1, -0.05) is 18.2 Å². The summed E-state index contributed by atoms with van der Waals surface area (Å²) in [4.78, 5) is 108. The zero-order valence-corrected chi connectivity index (χ0v) is 29.9. The number of rotatable bonds is 15. The number of carbonyl (C=O) groups excluding carboxylic acids is 7. The number of ketones is 3. The third-order valence-electron chi connectivity index (χ3n) is 9.31. The van der Waals surface area contributed by atoms with Crippen molar-refractivity contribution in [3.63, 3.8) is 0 Å². The minimum Gasteiger partial charge on any atom is -0.410 e. The number of hydrogen-bond acceptors (Lipinski definition) is 12. The van der Waals surface area contributed by atoms with Gasteiger partial charge in [-0.15, -0.1) is 0 Å². The van der Waals surface area contributed by atoms with E-state index in [0.717, 1.165) is 29.2 Å². The molecule has 284 valence electrons. The van der Waals surface area contributed by atoms with Crippen LogP contribution < -0.4 is 21.1 Å². The van der Waals surface area contributed by atoms with Crippen LogP contribution in [0.1, 0.15) is 63.2 Å². The second kappa shape index (κ2) is 17.3. The second-order valence-corrected chi connectivity index (χ2v) is 13.2. The van der Waals surface area contributed by atoms with Crippen LogP contribution in [-0.2, 0) is 28.7 Å². The molecule has 1 aliphatic carbocycles. The molecule has 0 radical (unpaired) electrons. The average molecular weight is 737 g/mol. The number of hydrogen-bond donors (Lipinski definition) is 3. The van der Waals surface area contributed by atoms with E-state index < -0.39 is 82.4 Å². The Morgan fingerprint density at radius 2 is 1.72 bits per heavy atom. The molecule has 4 N–H and O–H groups in total. The molecule has 2 aromatic rings. The molecule has 1 aliphatic heterocycles. The highest BCUT2D eigenvalue weighted by molar-refractivity contribution is 6.36. The largest absolute Gasteiger partial charge is 0.417 e. The van der Waals surface area contributed by atoms with Gasteiger partial charge >= 0.3 is 6.09 Å². The number of nitrogens with two attached hydrogens (primary N) is 1. The van der Waals surface area contributed by atoms with E-state index in [1.807, 2.05) is 0 Å². The van der Waals surface area contributed by atoms with Crippen molar-refractivity contribution in [1.29, 1.82) is 0 Å². The Bertz CT molecular complexity index is 1730. The molecule has 2 aliphatic rings. The first-order valence-corrected chi connectivity index (χ1v) is 17.2. The molecule has 1 heterocycles. The van der Waals surface area contributed by atoms with Crippen molar-refractivity contribution >= 4 is 46.9 Å². The van der Waals surface area contributed by atoms with Crippen LogP contribution in [0.5, 0.6) is 5.75 Å². The van der Waals surface area contributed by atoms with Crippen molar-refractivity contribution in [3.05, 3.63) is 70.3 Å². The van der Waals surface area contributed by atoms with Crippen molar-refractivity contribution in [2.75, 3.05) is 20.2 Å². The summed E-state index contributed by atoms with van der Waals surface area (Å²) in [5.41, 5.74) is 3.58. The number of non-ortho nitro benzene ring substituents is 1. The summed E-state index contributed by atoms with van der Waals surface area (Å²) in [7, 11) is 1.19. The van der Waals surface area contributed by atoms with Crippen LogP contribution >= 0.6 is 0 Å². The number of benzene rings is 2. The minimum absolute atomic E-state index is 0.0583. The summed E-state index contributed by atoms with van der Waals surface area (Å²) >= 11 is 0. The maximum atomic E-state index is 14.7. The molecular formula is C36H44N6O11. The highest BCUT2D eigenvalue weighted by Gasteiger charge is 2.67. The monoisotopic (exact) mass is 736 g/mol. The van der Waals surface area contributed by atoms with Crippen molar-refractivity contribution in [2.24, 2.45) is 5.73 Å². The third kappa shape index (κ3) is 8.58. The van der Waals surface area contributed by atoms with Gasteiger partial charge in [-0.3, -0.25) is 43.8 Å². The van der Waals surface area contributed by atoms with Crippen molar-refractivity contribution in [1.82, 2.24) is 20.4 Å². The standard InChI is InChI=1S/C36H44N6O11/c1-21(2)41(35(49)53-25-16-14-24(15-17-25)42(50)51)36(29(43)20-28(52-4)31(36)45)30(44)27-13-9-19-40(27)34(48)22(3)39-33(47)26(37)12-8-18-38-32(46)23-10-6-5-7-11-23/h5-7,10-11,14-17,21-22,26-28H,8-9,12-13,18-20,37H2,1-4H3,(H,38,46)(H,39,47)/t22-,26-,27-,28?,36?/m0/s1. The lowest BCUT2D eigenvalue weighted by molar-refractivity contribution is -0.384. The van der Waals surface area contributed by atoms with Gasteiger partial charge in [-0.25, -0.2) is 4.79 Å². The van der Waals surface area contributed by atoms with Crippen LogP contribution in [0.25, 0.3) is 0 Å². The zero-order chi connectivity index (χ0) is 39.0. The predicted octanol–water partition coefficient (Wildman–Crippen LogP) is 1.70. The molecule has 1 saturated carbocycles. The van der Waals surface area contributed by atoms with Crippen LogP contribution in [0.15, 0.2) is 54.6 Å². The molecule has 0 aromatic heterocycles. The van der Waals surface area contributed by atoms with Gasteiger partial charge in [0, 0.05) is 50.4 Å². The van der Waals surface area contributed by atoms with E-state index in [2.05, 4.69) is 10.6 Å². The zero-order valence-electron chi connectivity index (χ0n) is 29.9. The number of amides is 4. The summed E-state index contributed by atoms with van der Waals surface area (Å²) in [6.07, 6.45) is -2.18. The van der Waals surface area contributed by atoms with Gasteiger partial charge in [0.2, 0.25) is 23.1 Å². The van der Waals surface area contributed by atoms with Gasteiger partial charge in [0.25, 0.3) is 11.6 Å². The number of nitro groups is 1. The summed E-state index contributed by atoms with van der Waals surface area (Å²) in [6.45, 7) is 4.69. The maximum absolute atomic E-state index is 14.7. The lowest BCUT2D eigenvalue weighted by Crippen LogP contribution is -2.70. The van der Waals surface area contributed by atoms with E-state index in [4.69, 9.17) is 15.2 Å². The van der Waals surface area contributed by atoms with Crippen LogP contribution in [0.2, 0.25) is 0 Å². The molecule has 4 amide bonds. The van der Waals surface area contributed by atoms with Gasteiger partial charge < -0.3 is 30.7 Å². The molecule has 0 spiro atoms. The number of carbonyl (C=O) groups is 7. The van der Waals surface area contributed by atoms with Crippen molar-refractivity contribution < 1.29 is 48.0 Å². The number of methoxy groups -OCH3 is 1. The minimum atomic E-state index is -2.72. The Morgan fingerprint density at radius 3 is 2.30 bits per heavy atom. The van der Waals surface area contributed by atoms with Crippen molar-refractivity contribution in [2.45, 2.75) is 88.7 Å². The van der Waals surface area contributed by atoms with Crippen LogP contribution in [0.4, 0.5) is 10.5 Å². The molecule has 53 heavy (non-hydrogen) atoms. The van der Waals surface area contributed by atoms with Crippen molar-refractivity contribution in [3.8, 4) is 5.75 Å². The molecular weight excluding hydrogens is 692 g/mol. The molecule has 1 saturated heterocycles. The number of Topliss-reactive ketones (excluding diaryl/α,β-unsaturated/α-hetero) is 3. The molecule has 0 bridgehead atoms. The Labute approximate surface area is 305 Å². The first-order chi connectivity index (χ1) is 25.1. The molecule has 4 rings (SSSR count). The first kappa shape index (κ1) is 40.2. The van der Waals surface area contributed by atoms with E-state index >= 15 is 0 Å². The van der Waals surface area contributed by atoms with E-state index in [0.29, 0.717) is 18.4 Å². The van der Waals surface area contributed by atoms with E-state index in [-0.39, 0.29) is 43.3 Å². The van der Waals surface area contributed by atoms with E-state index in [9.17, 15) is 43.7 Å². The van der Waals surface area contributed by atoms with Crippen LogP contribution in [0.3, 0.4) is 0 Å². The van der Waals surface area contributed by atoms with Gasteiger partial charge in [-0.05, 0) is 70.7 Å². The molecule has 2 fully saturated rings. The highest BCUT2D eigenvalue weighted by atomic mass is 16.6. The summed E-state index contributed by atoms with van der Waals surface area (Å²) in [6, 6.07) is 8.63. The fourth-order valence-electron chi connectivity index (χ4n) is 6.64. The van der Waals surface area contributed by atoms with Gasteiger partial charge in [0.1, 0.15) is 17.9 Å². The molecule has 2 aromatic carbocycles. The Kier molecular flexibility index (Phi) is 13.1. The quantitative estimate of drug-likeness (QED) is 0.103. The van der Waals surface area contributed by atoms with E-state index in [1.165, 1.54) is 32.8 Å². The predicted molar refractivity (Wildman–Crippen MR) is 188 cm³/mol. The van der Waals surface area contributed by atoms with Crippen LogP contribution in [0, 0.1) is 10.1 Å². The lowest BCUT2D eigenvalue weighted by atomic mass is 9.82. The number of nitrogens with one attached hydrogen (secondary N) is 2. The average Bonchev–Trinajstić information content (AvgIpc) is 3.72. The number of nitrogens with zero attached hydrogens (tertiary/aromatic N) is 3. The van der Waals surface area contributed by atoms with Gasteiger partial charge in [0.05, 0.1) is 17.0 Å². The number of likely N-dealkylation sites (tertiary alicyclic amines) is 1. The molecule has 2 unspecified atom stereocenters. The number of ether oxygens (including phenoxy) is 2. The fourth-order valence-corrected chi connectivity index (χ4v) is 6.64. The smallest absolute Gasteiger partial charge is 0.410 e. The van der Waals surface area contributed by atoms with Gasteiger partial charge in [-0.2, -0.15) is 0 Å².